The molecular formula is C35H38NSi+. The van der Waals surface area contributed by atoms with Gasteiger partial charge in [0.25, 0.3) is 0 Å². The molecule has 0 saturated heterocycles. The lowest BCUT2D eigenvalue weighted by molar-refractivity contribution is -0.870. The normalized spacial score (nSPS) is 15.4. The van der Waals surface area contributed by atoms with Gasteiger partial charge in [-0.25, -0.2) is 0 Å². The molecule has 1 aliphatic rings. The number of quaternary nitrogens is 1. The van der Waals surface area contributed by atoms with Crippen molar-refractivity contribution >= 4 is 29.6 Å². The molecule has 1 nitrogen and oxygen atoms in total. The highest BCUT2D eigenvalue weighted by Crippen LogP contribution is 2.57. The molecule has 0 aliphatic carbocycles. The third-order valence-electron chi connectivity index (χ3n) is 7.61. The minimum Gasteiger partial charge on any atom is -0.331 e. The quantitative estimate of drug-likeness (QED) is 0.168. The average Bonchev–Trinajstić information content (AvgIpc) is 3.19. The van der Waals surface area contributed by atoms with Crippen LogP contribution in [0.5, 0.6) is 0 Å². The van der Waals surface area contributed by atoms with Crippen LogP contribution >= 0.6 is 0 Å². The number of allylic oxidation sites excluding steroid dienone is 2. The smallest absolute Gasteiger partial charge is 0.118 e. The van der Waals surface area contributed by atoms with E-state index in [1.165, 1.54) is 52.4 Å². The van der Waals surface area contributed by atoms with E-state index in [0.717, 1.165) is 4.48 Å². The highest BCUT2D eigenvalue weighted by atomic mass is 28.3. The van der Waals surface area contributed by atoms with Crippen LogP contribution in [0.1, 0.15) is 28.7 Å². The van der Waals surface area contributed by atoms with Crippen molar-refractivity contribution in [3.8, 4) is 0 Å². The summed E-state index contributed by atoms with van der Waals surface area (Å²) in [6.07, 6.45) is 1.21. The van der Waals surface area contributed by atoms with Crippen molar-refractivity contribution in [2.75, 3.05) is 27.7 Å². The Kier molecular flexibility index (Phi) is 7.15. The number of hydrogen-bond donors (Lipinski definition) is 0. The maximum Gasteiger partial charge on any atom is 0.118 e. The van der Waals surface area contributed by atoms with E-state index in [0.29, 0.717) is 0 Å². The Bertz CT molecular complexity index is 1300. The summed E-state index contributed by atoms with van der Waals surface area (Å²) in [6.45, 7) is 3.81. The number of nitrogens with zero attached hydrogens (tertiary/aromatic N) is 1. The highest BCUT2D eigenvalue weighted by Gasteiger charge is 2.46. The van der Waals surface area contributed by atoms with E-state index in [-0.39, 0.29) is 0 Å². The van der Waals surface area contributed by atoms with Crippen LogP contribution in [0, 0.1) is 0 Å². The minimum atomic E-state index is -2.17. The van der Waals surface area contributed by atoms with E-state index in [4.69, 9.17) is 0 Å². The van der Waals surface area contributed by atoms with E-state index in [9.17, 15) is 0 Å². The lowest BCUT2D eigenvalue weighted by atomic mass is 9.89. The molecule has 2 heteroatoms. The Morgan fingerprint density at radius 3 is 1.14 bits per heavy atom. The zero-order valence-electron chi connectivity index (χ0n) is 22.6. The second-order valence-corrected chi connectivity index (χ2v) is 15.6. The van der Waals surface area contributed by atoms with Gasteiger partial charge in [-0.05, 0) is 56.3 Å². The fraction of sp³-hybridized carbons (Fsp3) is 0.200. The van der Waals surface area contributed by atoms with Gasteiger partial charge in [0.05, 0.1) is 27.7 Å². The summed E-state index contributed by atoms with van der Waals surface area (Å²) in [5.74, 6) is 0. The molecule has 0 fully saturated rings. The van der Waals surface area contributed by atoms with Crippen LogP contribution in [-0.4, -0.2) is 40.2 Å². The van der Waals surface area contributed by atoms with Crippen LogP contribution in [0.25, 0.3) is 21.5 Å². The molecule has 0 bridgehead atoms. The largest absolute Gasteiger partial charge is 0.331 e. The molecule has 0 radical (unpaired) electrons. The Morgan fingerprint density at radius 2 is 0.811 bits per heavy atom. The SMILES string of the molecule is C[N+](C)(C)CCC[Si]1(C)C(c2ccccc2)=C(c2ccccc2)C(c2ccccc2)=C1c1ccccc1. The summed E-state index contributed by atoms with van der Waals surface area (Å²) in [6, 6.07) is 45.9. The fourth-order valence-electron chi connectivity index (χ4n) is 6.01. The fourth-order valence-corrected chi connectivity index (χ4v) is 10.9. The molecule has 186 valence electrons. The van der Waals surface area contributed by atoms with Crippen molar-refractivity contribution in [1.82, 2.24) is 0 Å². The van der Waals surface area contributed by atoms with E-state index >= 15 is 0 Å². The summed E-state index contributed by atoms with van der Waals surface area (Å²) in [5.41, 5.74) is 8.24. The number of benzene rings is 4. The van der Waals surface area contributed by atoms with E-state index in [1.807, 2.05) is 0 Å². The summed E-state index contributed by atoms with van der Waals surface area (Å²) in [4.78, 5) is 0. The van der Waals surface area contributed by atoms with Gasteiger partial charge in [-0.1, -0.05) is 128 Å². The van der Waals surface area contributed by atoms with Crippen molar-refractivity contribution in [3.63, 3.8) is 0 Å². The van der Waals surface area contributed by atoms with Crippen molar-refractivity contribution in [2.45, 2.75) is 19.0 Å². The summed E-state index contributed by atoms with van der Waals surface area (Å²) in [7, 11) is 4.76. The minimum absolute atomic E-state index is 0.996. The molecule has 1 heterocycles. The van der Waals surface area contributed by atoms with Crippen molar-refractivity contribution in [3.05, 3.63) is 144 Å². The predicted octanol–water partition coefficient (Wildman–Crippen LogP) is 8.48. The third-order valence-corrected chi connectivity index (χ3v) is 12.2. The second-order valence-electron chi connectivity index (χ2n) is 11.4. The van der Waals surface area contributed by atoms with Gasteiger partial charge >= 0.3 is 0 Å². The summed E-state index contributed by atoms with van der Waals surface area (Å²) in [5, 5.41) is 3.16. The summed E-state index contributed by atoms with van der Waals surface area (Å²) >= 11 is 0. The van der Waals surface area contributed by atoms with Gasteiger partial charge in [0.1, 0.15) is 8.07 Å². The third kappa shape index (κ3) is 5.18. The van der Waals surface area contributed by atoms with Crippen LogP contribution in [-0.2, 0) is 0 Å². The van der Waals surface area contributed by atoms with E-state index in [1.54, 1.807) is 10.4 Å². The van der Waals surface area contributed by atoms with Gasteiger partial charge < -0.3 is 4.48 Å². The van der Waals surface area contributed by atoms with Gasteiger partial charge in [-0.3, -0.25) is 0 Å². The maximum absolute atomic E-state index is 2.63. The molecule has 0 N–H and O–H groups in total. The first-order valence-electron chi connectivity index (χ1n) is 13.4. The molecule has 0 aromatic heterocycles. The van der Waals surface area contributed by atoms with Gasteiger partial charge in [-0.15, -0.1) is 0 Å². The van der Waals surface area contributed by atoms with Crippen molar-refractivity contribution in [1.29, 1.82) is 0 Å². The Balaban J connectivity index is 1.86. The summed E-state index contributed by atoms with van der Waals surface area (Å²) < 4.78 is 0.996. The molecule has 0 atom stereocenters. The lowest BCUT2D eigenvalue weighted by Crippen LogP contribution is -2.38. The first kappa shape index (κ1) is 25.2. The Morgan fingerprint density at radius 1 is 0.486 bits per heavy atom. The second kappa shape index (κ2) is 10.5. The molecule has 0 spiro atoms. The monoisotopic (exact) mass is 500 g/mol. The predicted molar refractivity (Wildman–Crippen MR) is 163 cm³/mol. The van der Waals surface area contributed by atoms with Gasteiger partial charge in [-0.2, -0.15) is 0 Å². The van der Waals surface area contributed by atoms with Crippen molar-refractivity contribution in [2.24, 2.45) is 0 Å². The first-order chi connectivity index (χ1) is 17.9. The molecular weight excluding hydrogens is 462 g/mol. The molecule has 0 saturated carbocycles. The molecule has 1 aliphatic heterocycles. The maximum atomic E-state index is 2.63. The van der Waals surface area contributed by atoms with Crippen LogP contribution in [0.15, 0.2) is 121 Å². The Hall–Kier alpha value is -3.46. The standard InChI is InChI=1S/C35H38NSi/c1-36(2,3)26-17-27-37(4)34(30-22-13-7-14-23-30)32(28-18-9-5-10-19-28)33(29-20-11-6-12-21-29)35(37)31-24-15-8-16-25-31/h5-16,18-25H,17,26-27H2,1-4H3/q+1. The van der Waals surface area contributed by atoms with Gasteiger partial charge in [0.15, 0.2) is 0 Å². The molecule has 4 aromatic rings. The zero-order chi connectivity index (χ0) is 25.9. The zero-order valence-corrected chi connectivity index (χ0v) is 23.6. The van der Waals surface area contributed by atoms with Crippen LogP contribution in [0.4, 0.5) is 0 Å². The lowest BCUT2D eigenvalue weighted by Gasteiger charge is -2.32. The van der Waals surface area contributed by atoms with E-state index < -0.39 is 8.07 Å². The topological polar surface area (TPSA) is 0 Å². The Labute approximate surface area is 224 Å². The molecule has 5 rings (SSSR count). The molecule has 0 amide bonds. The highest BCUT2D eigenvalue weighted by molar-refractivity contribution is 7.14. The van der Waals surface area contributed by atoms with Gasteiger partial charge in [0, 0.05) is 0 Å². The average molecular weight is 501 g/mol. The van der Waals surface area contributed by atoms with Crippen molar-refractivity contribution < 1.29 is 4.48 Å². The van der Waals surface area contributed by atoms with Crippen LogP contribution in [0.2, 0.25) is 12.6 Å². The molecule has 4 aromatic carbocycles. The number of hydrogen-bond acceptors (Lipinski definition) is 0. The van der Waals surface area contributed by atoms with Crippen LogP contribution < -0.4 is 0 Å². The molecule has 37 heavy (non-hydrogen) atoms. The van der Waals surface area contributed by atoms with Crippen LogP contribution in [0.3, 0.4) is 0 Å². The van der Waals surface area contributed by atoms with E-state index in [2.05, 4.69) is 149 Å². The molecule has 0 unspecified atom stereocenters. The van der Waals surface area contributed by atoms with Gasteiger partial charge in [0.2, 0.25) is 0 Å². The number of rotatable bonds is 8. The first-order valence-corrected chi connectivity index (χ1v) is 16.1.